The molecule has 1 N–H and O–H groups in total. The van der Waals surface area contributed by atoms with Crippen molar-refractivity contribution in [2.24, 2.45) is 0 Å². The Bertz CT molecular complexity index is 1060. The van der Waals surface area contributed by atoms with Crippen molar-refractivity contribution in [1.82, 2.24) is 9.80 Å². The van der Waals surface area contributed by atoms with E-state index in [1.54, 1.807) is 13.2 Å². The molecule has 1 saturated heterocycles. The Hall–Kier alpha value is -3.16. The molecule has 7 heteroatoms. The van der Waals surface area contributed by atoms with Gasteiger partial charge < -0.3 is 14.8 Å². The molecule has 0 spiro atoms. The van der Waals surface area contributed by atoms with Gasteiger partial charge in [0, 0.05) is 37.4 Å². The Kier molecular flexibility index (Phi) is 6.58. The van der Waals surface area contributed by atoms with Crippen molar-refractivity contribution in [3.63, 3.8) is 0 Å². The van der Waals surface area contributed by atoms with Gasteiger partial charge in [-0.25, -0.2) is 0 Å². The van der Waals surface area contributed by atoms with Gasteiger partial charge in [0.05, 0.1) is 25.9 Å². The van der Waals surface area contributed by atoms with Gasteiger partial charge in [0.2, 0.25) is 0 Å². The fourth-order valence-electron chi connectivity index (χ4n) is 4.07. The van der Waals surface area contributed by atoms with E-state index < -0.39 is 0 Å². The number of nitrogens with one attached hydrogen (secondary N) is 1. The molecule has 2 heterocycles. The highest BCUT2D eigenvalue weighted by Crippen LogP contribution is 2.35. The molecule has 0 saturated carbocycles. The van der Waals surface area contributed by atoms with Crippen molar-refractivity contribution < 1.29 is 19.1 Å². The van der Waals surface area contributed by atoms with Crippen LogP contribution in [0.4, 0.5) is 5.69 Å². The Balaban J connectivity index is 1.69. The van der Waals surface area contributed by atoms with E-state index in [9.17, 15) is 9.59 Å². The third kappa shape index (κ3) is 4.40. The van der Waals surface area contributed by atoms with Crippen molar-refractivity contribution in [2.75, 3.05) is 51.8 Å². The van der Waals surface area contributed by atoms with E-state index in [1.165, 1.54) is 4.90 Å². The van der Waals surface area contributed by atoms with Crippen molar-refractivity contribution in [3.8, 4) is 5.75 Å². The molecular weight excluding hydrogens is 406 g/mol. The van der Waals surface area contributed by atoms with Crippen LogP contribution in [-0.2, 0) is 14.3 Å². The second-order valence-corrected chi connectivity index (χ2v) is 8.11. The lowest BCUT2D eigenvalue weighted by Crippen LogP contribution is -2.43. The topological polar surface area (TPSA) is 71.1 Å². The monoisotopic (exact) mass is 435 g/mol. The van der Waals surface area contributed by atoms with Crippen LogP contribution in [-0.4, -0.2) is 68.1 Å². The van der Waals surface area contributed by atoms with Crippen LogP contribution in [0.1, 0.15) is 16.7 Å². The summed E-state index contributed by atoms with van der Waals surface area (Å²) in [5, 5.41) is 3.28. The number of morpholine rings is 1. The number of hydrogen-bond donors (Lipinski definition) is 1. The minimum atomic E-state index is -0.315. The normalized spacial score (nSPS) is 17.3. The number of aryl methyl sites for hydroxylation is 2. The average Bonchev–Trinajstić information content (AvgIpc) is 3.04. The van der Waals surface area contributed by atoms with Crippen LogP contribution in [0.2, 0.25) is 0 Å². The van der Waals surface area contributed by atoms with E-state index in [0.29, 0.717) is 43.2 Å². The van der Waals surface area contributed by atoms with Gasteiger partial charge in [0.15, 0.2) is 0 Å². The molecule has 4 rings (SSSR count). The lowest BCUT2D eigenvalue weighted by Gasteiger charge is -2.28. The number of imide groups is 1. The Labute approximate surface area is 188 Å². The summed E-state index contributed by atoms with van der Waals surface area (Å²) in [5.74, 6) is -0.0652. The third-order valence-corrected chi connectivity index (χ3v) is 5.94. The molecule has 2 amide bonds. The molecule has 2 aromatic carbocycles. The van der Waals surface area contributed by atoms with Crippen molar-refractivity contribution in [1.29, 1.82) is 0 Å². The van der Waals surface area contributed by atoms with Gasteiger partial charge in [0.1, 0.15) is 11.4 Å². The molecule has 168 valence electrons. The molecule has 2 aliphatic rings. The van der Waals surface area contributed by atoms with Gasteiger partial charge in [-0.2, -0.15) is 0 Å². The summed E-state index contributed by atoms with van der Waals surface area (Å²) in [6.45, 7) is 7.87. The van der Waals surface area contributed by atoms with Crippen LogP contribution in [0, 0.1) is 13.8 Å². The number of nitrogens with zero attached hydrogens (tertiary/aromatic N) is 2. The first-order chi connectivity index (χ1) is 15.5. The maximum atomic E-state index is 13.5. The van der Waals surface area contributed by atoms with Gasteiger partial charge in [-0.05, 0) is 37.1 Å². The molecule has 0 aliphatic carbocycles. The molecular formula is C25H29N3O4. The Morgan fingerprint density at radius 2 is 1.75 bits per heavy atom. The predicted molar refractivity (Wildman–Crippen MR) is 123 cm³/mol. The number of carbonyl (C=O) groups is 2. The van der Waals surface area contributed by atoms with Crippen LogP contribution in [0.5, 0.6) is 5.75 Å². The molecule has 0 bridgehead atoms. The third-order valence-electron chi connectivity index (χ3n) is 5.94. The quantitative estimate of drug-likeness (QED) is 0.675. The number of ether oxygens (including phenoxy) is 2. The summed E-state index contributed by atoms with van der Waals surface area (Å²) in [5.41, 5.74) is 4.11. The molecule has 1 fully saturated rings. The van der Waals surface area contributed by atoms with Crippen LogP contribution in [0.15, 0.2) is 48.2 Å². The van der Waals surface area contributed by atoms with Gasteiger partial charge in [-0.15, -0.1) is 0 Å². The van der Waals surface area contributed by atoms with E-state index in [-0.39, 0.29) is 17.5 Å². The molecule has 0 atom stereocenters. The number of carbonyl (C=O) groups excluding carboxylic acids is 2. The zero-order chi connectivity index (χ0) is 22.7. The zero-order valence-electron chi connectivity index (χ0n) is 18.8. The fraction of sp³-hybridized carbons (Fsp3) is 0.360. The van der Waals surface area contributed by atoms with Gasteiger partial charge in [0.25, 0.3) is 11.8 Å². The molecule has 0 radical (unpaired) electrons. The first-order valence-electron chi connectivity index (χ1n) is 10.9. The highest BCUT2D eigenvalue weighted by Gasteiger charge is 2.40. The van der Waals surface area contributed by atoms with Crippen LogP contribution < -0.4 is 10.1 Å². The van der Waals surface area contributed by atoms with E-state index in [0.717, 1.165) is 29.9 Å². The minimum absolute atomic E-state index is 0.287. The standard InChI is InChI=1S/C25H29N3O4/c1-17-8-9-18(2)20(16-17)26-23-22(19-6-4-5-7-21(19)31-3)24(29)28(25(23)30)11-10-27-12-14-32-15-13-27/h4-9,16,26H,10-15H2,1-3H3. The smallest absolute Gasteiger partial charge is 0.278 e. The SMILES string of the molecule is COc1ccccc1C1=C(Nc2cc(C)ccc2C)C(=O)N(CCN2CCOCC2)C1=O. The largest absolute Gasteiger partial charge is 0.496 e. The Morgan fingerprint density at radius 3 is 2.50 bits per heavy atom. The zero-order valence-corrected chi connectivity index (χ0v) is 18.8. The molecule has 0 unspecified atom stereocenters. The number of rotatable bonds is 7. The molecule has 2 aromatic rings. The van der Waals surface area contributed by atoms with Crippen LogP contribution >= 0.6 is 0 Å². The maximum Gasteiger partial charge on any atom is 0.278 e. The summed E-state index contributed by atoms with van der Waals surface area (Å²) >= 11 is 0. The average molecular weight is 436 g/mol. The van der Waals surface area contributed by atoms with E-state index in [4.69, 9.17) is 9.47 Å². The summed E-state index contributed by atoms with van der Waals surface area (Å²) < 4.78 is 10.9. The number of amides is 2. The minimum Gasteiger partial charge on any atom is -0.496 e. The van der Waals surface area contributed by atoms with Crippen LogP contribution in [0.25, 0.3) is 5.57 Å². The van der Waals surface area contributed by atoms with Crippen molar-refractivity contribution in [2.45, 2.75) is 13.8 Å². The second-order valence-electron chi connectivity index (χ2n) is 8.11. The molecule has 0 aromatic heterocycles. The molecule has 32 heavy (non-hydrogen) atoms. The lowest BCUT2D eigenvalue weighted by atomic mass is 10.0. The van der Waals surface area contributed by atoms with E-state index in [1.807, 2.05) is 50.2 Å². The van der Waals surface area contributed by atoms with E-state index >= 15 is 0 Å². The first kappa shape index (κ1) is 22.0. The number of para-hydroxylation sites is 1. The fourth-order valence-corrected chi connectivity index (χ4v) is 4.07. The summed E-state index contributed by atoms with van der Waals surface area (Å²) in [7, 11) is 1.56. The Morgan fingerprint density at radius 1 is 1.00 bits per heavy atom. The summed E-state index contributed by atoms with van der Waals surface area (Å²) in [4.78, 5) is 30.5. The van der Waals surface area contributed by atoms with E-state index in [2.05, 4.69) is 10.2 Å². The van der Waals surface area contributed by atoms with Gasteiger partial charge in [-0.3, -0.25) is 19.4 Å². The highest BCUT2D eigenvalue weighted by atomic mass is 16.5. The first-order valence-corrected chi connectivity index (χ1v) is 10.9. The maximum absolute atomic E-state index is 13.5. The molecule has 7 nitrogen and oxygen atoms in total. The van der Waals surface area contributed by atoms with Crippen molar-refractivity contribution >= 4 is 23.1 Å². The number of benzene rings is 2. The highest BCUT2D eigenvalue weighted by molar-refractivity contribution is 6.37. The number of hydrogen-bond acceptors (Lipinski definition) is 6. The predicted octanol–water partition coefficient (Wildman–Crippen LogP) is 2.84. The summed E-state index contributed by atoms with van der Waals surface area (Å²) in [6.07, 6.45) is 0. The summed E-state index contributed by atoms with van der Waals surface area (Å²) in [6, 6.07) is 13.3. The molecule has 2 aliphatic heterocycles. The van der Waals surface area contributed by atoms with Crippen LogP contribution in [0.3, 0.4) is 0 Å². The second kappa shape index (κ2) is 9.54. The van der Waals surface area contributed by atoms with Gasteiger partial charge >= 0.3 is 0 Å². The number of anilines is 1. The van der Waals surface area contributed by atoms with Crippen molar-refractivity contribution in [3.05, 3.63) is 64.9 Å². The number of methoxy groups -OCH3 is 1. The van der Waals surface area contributed by atoms with Gasteiger partial charge in [-0.1, -0.05) is 30.3 Å². The lowest BCUT2D eigenvalue weighted by molar-refractivity contribution is -0.137.